The van der Waals surface area contributed by atoms with Gasteiger partial charge in [0.15, 0.2) is 0 Å². The molecular formula is C22H28N2O8S. The second kappa shape index (κ2) is 12.2. The van der Waals surface area contributed by atoms with Crippen LogP contribution in [-0.2, 0) is 31.9 Å². The summed E-state index contributed by atoms with van der Waals surface area (Å²) in [6.07, 6.45) is 0. The number of hydrogen-bond donors (Lipinski definition) is 2. The SMILES string of the molecule is COc1ccc(OC)c(CN2CCN(S(=O)(=O)Cc3ccccc3)CC2)c1.O=C(O)C(=O)O. The van der Waals surface area contributed by atoms with E-state index >= 15 is 0 Å². The van der Waals surface area contributed by atoms with Crippen LogP contribution in [0.25, 0.3) is 0 Å². The lowest BCUT2D eigenvalue weighted by atomic mass is 10.1. The monoisotopic (exact) mass is 480 g/mol. The Kier molecular flexibility index (Phi) is 9.64. The van der Waals surface area contributed by atoms with Crippen molar-refractivity contribution in [3.63, 3.8) is 0 Å². The molecule has 1 aliphatic heterocycles. The van der Waals surface area contributed by atoms with Crippen LogP contribution in [0.5, 0.6) is 11.5 Å². The highest BCUT2D eigenvalue weighted by molar-refractivity contribution is 7.88. The van der Waals surface area contributed by atoms with Gasteiger partial charge in [-0.05, 0) is 23.8 Å². The van der Waals surface area contributed by atoms with Gasteiger partial charge in [-0.1, -0.05) is 30.3 Å². The van der Waals surface area contributed by atoms with Crippen LogP contribution in [0, 0.1) is 0 Å². The van der Waals surface area contributed by atoms with Crippen LogP contribution in [0.3, 0.4) is 0 Å². The molecule has 0 aromatic heterocycles. The number of rotatable bonds is 7. The molecule has 11 heteroatoms. The Labute approximate surface area is 193 Å². The molecule has 0 unspecified atom stereocenters. The molecule has 2 aromatic carbocycles. The molecule has 10 nitrogen and oxygen atoms in total. The van der Waals surface area contributed by atoms with E-state index in [1.807, 2.05) is 48.5 Å². The highest BCUT2D eigenvalue weighted by atomic mass is 32.2. The van der Waals surface area contributed by atoms with Gasteiger partial charge in [0.1, 0.15) is 11.5 Å². The molecule has 1 aliphatic rings. The molecule has 0 radical (unpaired) electrons. The number of nitrogens with zero attached hydrogens (tertiary/aromatic N) is 2. The van der Waals surface area contributed by atoms with E-state index in [4.69, 9.17) is 29.3 Å². The van der Waals surface area contributed by atoms with Crippen molar-refractivity contribution in [2.75, 3.05) is 40.4 Å². The minimum Gasteiger partial charge on any atom is -0.497 e. The minimum atomic E-state index is -3.29. The summed E-state index contributed by atoms with van der Waals surface area (Å²) in [5.41, 5.74) is 1.86. The van der Waals surface area contributed by atoms with Gasteiger partial charge in [-0.15, -0.1) is 0 Å². The maximum atomic E-state index is 12.7. The van der Waals surface area contributed by atoms with E-state index in [2.05, 4.69) is 4.90 Å². The van der Waals surface area contributed by atoms with Crippen molar-refractivity contribution >= 4 is 22.0 Å². The van der Waals surface area contributed by atoms with Gasteiger partial charge in [0.25, 0.3) is 0 Å². The highest BCUT2D eigenvalue weighted by Gasteiger charge is 2.27. The number of ether oxygens (including phenoxy) is 2. The third-order valence-electron chi connectivity index (χ3n) is 4.98. The topological polar surface area (TPSA) is 134 Å². The summed E-state index contributed by atoms with van der Waals surface area (Å²) >= 11 is 0. The quantitative estimate of drug-likeness (QED) is 0.566. The van der Waals surface area contributed by atoms with Gasteiger partial charge in [-0.25, -0.2) is 18.0 Å². The van der Waals surface area contributed by atoms with Crippen LogP contribution in [0.1, 0.15) is 11.1 Å². The van der Waals surface area contributed by atoms with Crippen LogP contribution in [0.4, 0.5) is 0 Å². The number of sulfonamides is 1. The average Bonchev–Trinajstić information content (AvgIpc) is 2.80. The van der Waals surface area contributed by atoms with Crippen LogP contribution in [-0.4, -0.2) is 80.2 Å². The van der Waals surface area contributed by atoms with E-state index < -0.39 is 22.0 Å². The number of methoxy groups -OCH3 is 2. The molecule has 180 valence electrons. The maximum absolute atomic E-state index is 12.7. The molecule has 1 fully saturated rings. The summed E-state index contributed by atoms with van der Waals surface area (Å²) in [5.74, 6) is -1.99. The Morgan fingerprint density at radius 1 is 0.909 bits per heavy atom. The maximum Gasteiger partial charge on any atom is 0.414 e. The van der Waals surface area contributed by atoms with Gasteiger partial charge in [-0.2, -0.15) is 4.31 Å². The molecular weight excluding hydrogens is 452 g/mol. The van der Waals surface area contributed by atoms with E-state index in [0.717, 1.165) is 22.6 Å². The predicted octanol–water partition coefficient (Wildman–Crippen LogP) is 1.51. The van der Waals surface area contributed by atoms with Crippen molar-refractivity contribution < 1.29 is 37.7 Å². The van der Waals surface area contributed by atoms with E-state index in [1.54, 1.807) is 18.5 Å². The number of hydrogen-bond acceptors (Lipinski definition) is 7. The fraction of sp³-hybridized carbons (Fsp3) is 0.364. The molecule has 0 bridgehead atoms. The first-order chi connectivity index (χ1) is 15.7. The lowest BCUT2D eigenvalue weighted by Crippen LogP contribution is -2.48. The molecule has 1 heterocycles. The van der Waals surface area contributed by atoms with E-state index in [0.29, 0.717) is 32.7 Å². The van der Waals surface area contributed by atoms with E-state index in [9.17, 15) is 8.42 Å². The second-order valence-corrected chi connectivity index (χ2v) is 9.17. The zero-order valence-corrected chi connectivity index (χ0v) is 19.3. The number of carbonyl (C=O) groups is 2. The van der Waals surface area contributed by atoms with Crippen molar-refractivity contribution in [3.05, 3.63) is 59.7 Å². The van der Waals surface area contributed by atoms with Crippen molar-refractivity contribution in [2.24, 2.45) is 0 Å². The Balaban J connectivity index is 0.000000569. The predicted molar refractivity (Wildman–Crippen MR) is 121 cm³/mol. The van der Waals surface area contributed by atoms with Gasteiger partial charge in [0.05, 0.1) is 20.0 Å². The molecule has 2 N–H and O–H groups in total. The smallest absolute Gasteiger partial charge is 0.414 e. The van der Waals surface area contributed by atoms with Crippen LogP contribution >= 0.6 is 0 Å². The summed E-state index contributed by atoms with van der Waals surface area (Å²) in [5, 5.41) is 14.8. The second-order valence-electron chi connectivity index (χ2n) is 7.21. The molecule has 3 rings (SSSR count). The largest absolute Gasteiger partial charge is 0.497 e. The molecule has 0 aliphatic carbocycles. The summed E-state index contributed by atoms with van der Waals surface area (Å²) < 4.78 is 37.7. The minimum absolute atomic E-state index is 0.0531. The van der Waals surface area contributed by atoms with Gasteiger partial charge in [-0.3, -0.25) is 4.90 Å². The van der Waals surface area contributed by atoms with Gasteiger partial charge in [0, 0.05) is 38.3 Å². The zero-order valence-electron chi connectivity index (χ0n) is 18.5. The summed E-state index contributed by atoms with van der Waals surface area (Å²) in [7, 11) is -0.00117. The number of piperazine rings is 1. The average molecular weight is 481 g/mol. The van der Waals surface area contributed by atoms with Gasteiger partial charge in [0.2, 0.25) is 10.0 Å². The van der Waals surface area contributed by atoms with E-state index in [-0.39, 0.29) is 5.75 Å². The number of carboxylic acids is 2. The van der Waals surface area contributed by atoms with Crippen molar-refractivity contribution in [2.45, 2.75) is 12.3 Å². The summed E-state index contributed by atoms with van der Waals surface area (Å²) in [6.45, 7) is 3.08. The molecule has 0 atom stereocenters. The Bertz CT molecular complexity index is 1020. The van der Waals surface area contributed by atoms with Gasteiger partial charge >= 0.3 is 11.9 Å². The molecule has 0 spiro atoms. The molecule has 0 amide bonds. The molecule has 33 heavy (non-hydrogen) atoms. The third kappa shape index (κ3) is 8.04. The highest BCUT2D eigenvalue weighted by Crippen LogP contribution is 2.26. The Morgan fingerprint density at radius 3 is 2.03 bits per heavy atom. The first-order valence-electron chi connectivity index (χ1n) is 10.1. The third-order valence-corrected chi connectivity index (χ3v) is 6.83. The lowest BCUT2D eigenvalue weighted by Gasteiger charge is -2.34. The standard InChI is InChI=1S/C20H26N2O4S.C2H2O4/c1-25-19-8-9-20(26-2)18(14-19)15-21-10-12-22(13-11-21)27(23,24)16-17-6-4-3-5-7-17;3-1(4)2(5)6/h3-9,14H,10-13,15-16H2,1-2H3;(H,3,4)(H,5,6). The first kappa shape index (κ1) is 26.1. The lowest BCUT2D eigenvalue weighted by molar-refractivity contribution is -0.159. The Hall–Kier alpha value is -3.15. The van der Waals surface area contributed by atoms with Crippen molar-refractivity contribution in [1.29, 1.82) is 0 Å². The Morgan fingerprint density at radius 2 is 1.52 bits per heavy atom. The van der Waals surface area contributed by atoms with Crippen LogP contribution in [0.2, 0.25) is 0 Å². The molecule has 0 saturated carbocycles. The molecule has 1 saturated heterocycles. The fourth-order valence-corrected chi connectivity index (χ4v) is 4.80. The summed E-state index contributed by atoms with van der Waals surface area (Å²) in [4.78, 5) is 20.4. The van der Waals surface area contributed by atoms with Crippen LogP contribution < -0.4 is 9.47 Å². The fourth-order valence-electron chi connectivity index (χ4n) is 3.29. The zero-order chi connectivity index (χ0) is 24.4. The van der Waals surface area contributed by atoms with Crippen molar-refractivity contribution in [1.82, 2.24) is 9.21 Å². The van der Waals surface area contributed by atoms with Crippen LogP contribution in [0.15, 0.2) is 48.5 Å². The summed E-state index contributed by atoms with van der Waals surface area (Å²) in [6, 6.07) is 15.1. The number of carboxylic acid groups (broad SMARTS) is 2. The van der Waals surface area contributed by atoms with E-state index in [1.165, 1.54) is 0 Å². The van der Waals surface area contributed by atoms with Gasteiger partial charge < -0.3 is 19.7 Å². The first-order valence-corrected chi connectivity index (χ1v) is 11.7. The number of aliphatic carboxylic acids is 2. The number of benzene rings is 2. The van der Waals surface area contributed by atoms with Crippen molar-refractivity contribution in [3.8, 4) is 11.5 Å². The molecule has 2 aromatic rings. The normalized spacial score (nSPS) is 14.6.